The summed E-state index contributed by atoms with van der Waals surface area (Å²) in [6.07, 6.45) is 4.64. The fourth-order valence-corrected chi connectivity index (χ4v) is 4.94. The summed E-state index contributed by atoms with van der Waals surface area (Å²) < 4.78 is 43.0. The molecular weight excluding hydrogens is 398 g/mol. The average Bonchev–Trinajstić information content (AvgIpc) is 2.74. The van der Waals surface area contributed by atoms with Crippen molar-refractivity contribution in [1.29, 1.82) is 0 Å². The van der Waals surface area contributed by atoms with Crippen LogP contribution in [-0.2, 0) is 29.1 Å². The highest BCUT2D eigenvalue weighted by Gasteiger charge is 2.29. The Labute approximate surface area is 170 Å². The first-order valence-corrected chi connectivity index (χ1v) is 11.0. The number of carbonyl (C=O) groups excluding carboxylic acids is 2. The number of hydrogen-bond donors (Lipinski definition) is 0. The van der Waals surface area contributed by atoms with E-state index in [1.807, 2.05) is 0 Å². The van der Waals surface area contributed by atoms with Crippen LogP contribution in [0.5, 0.6) is 5.75 Å². The molecule has 0 radical (unpaired) electrons. The number of rotatable bonds is 6. The van der Waals surface area contributed by atoms with Gasteiger partial charge < -0.3 is 14.2 Å². The molecule has 0 N–H and O–H groups in total. The molecule has 2 fully saturated rings. The molecule has 0 spiro atoms. The monoisotopic (exact) mass is 423 g/mol. The fourth-order valence-electron chi connectivity index (χ4n) is 3.34. The number of nitrogens with zero attached hydrogens (tertiary/aromatic N) is 1. The second-order valence-electron chi connectivity index (χ2n) is 6.90. The van der Waals surface area contributed by atoms with Crippen LogP contribution in [0, 0.1) is 0 Å². The van der Waals surface area contributed by atoms with Crippen LogP contribution >= 0.6 is 0 Å². The van der Waals surface area contributed by atoms with E-state index in [-0.39, 0.29) is 29.5 Å². The summed E-state index contributed by atoms with van der Waals surface area (Å²) in [4.78, 5) is 23.9. The average molecular weight is 423 g/mol. The van der Waals surface area contributed by atoms with Gasteiger partial charge >= 0.3 is 5.97 Å². The zero-order valence-corrected chi connectivity index (χ0v) is 17.2. The standard InChI is InChI=1S/C20H25NO7S/c1-26-18-8-6-15(7-9-20(23)28-17-5-3-2-4-16(17)22)14-19(18)29(24,25)21-10-12-27-13-11-21/h6-9,14,17H,2-5,10-13H2,1H3/b9-7+. The number of benzene rings is 1. The molecule has 29 heavy (non-hydrogen) atoms. The smallest absolute Gasteiger partial charge is 0.331 e. The van der Waals surface area contributed by atoms with Gasteiger partial charge in [0.15, 0.2) is 11.9 Å². The number of carbonyl (C=O) groups is 2. The third-order valence-electron chi connectivity index (χ3n) is 4.94. The number of methoxy groups -OCH3 is 1. The molecule has 9 heteroatoms. The van der Waals surface area contributed by atoms with Gasteiger partial charge in [-0.15, -0.1) is 0 Å². The van der Waals surface area contributed by atoms with E-state index in [0.717, 1.165) is 12.8 Å². The SMILES string of the molecule is COc1ccc(/C=C/C(=O)OC2CCCCC2=O)cc1S(=O)(=O)N1CCOCC1. The van der Waals surface area contributed by atoms with Gasteiger partial charge in [0.2, 0.25) is 10.0 Å². The maximum absolute atomic E-state index is 13.0. The molecule has 1 aromatic carbocycles. The van der Waals surface area contributed by atoms with Crippen LogP contribution in [0.3, 0.4) is 0 Å². The van der Waals surface area contributed by atoms with E-state index in [1.54, 1.807) is 12.1 Å². The zero-order chi connectivity index (χ0) is 20.9. The summed E-state index contributed by atoms with van der Waals surface area (Å²) in [5.41, 5.74) is 0.504. The molecule has 1 saturated carbocycles. The Morgan fingerprint density at radius 1 is 1.24 bits per heavy atom. The number of hydrogen-bond acceptors (Lipinski definition) is 7. The van der Waals surface area contributed by atoms with Crippen LogP contribution in [-0.4, -0.2) is 64.0 Å². The summed E-state index contributed by atoms with van der Waals surface area (Å²) in [5.74, 6) is -0.455. The third kappa shape index (κ3) is 5.23. The Hall–Kier alpha value is -2.23. The Kier molecular flexibility index (Phi) is 7.05. The van der Waals surface area contributed by atoms with Crippen LogP contribution in [0.15, 0.2) is 29.2 Å². The summed E-state index contributed by atoms with van der Waals surface area (Å²) in [7, 11) is -2.36. The third-order valence-corrected chi connectivity index (χ3v) is 6.86. The van der Waals surface area contributed by atoms with E-state index in [2.05, 4.69) is 0 Å². The molecule has 3 rings (SSSR count). The van der Waals surface area contributed by atoms with Crippen molar-refractivity contribution >= 4 is 27.9 Å². The molecule has 2 aliphatic rings. The molecule has 1 aromatic rings. The van der Waals surface area contributed by atoms with Crippen molar-refractivity contribution in [3.63, 3.8) is 0 Å². The normalized spacial score (nSPS) is 21.3. The number of Topliss-reactive ketones (excluding diaryl/α,β-unsaturated/α-hetero) is 1. The molecule has 158 valence electrons. The lowest BCUT2D eigenvalue weighted by atomic mass is 9.96. The summed E-state index contributed by atoms with van der Waals surface area (Å²) in [6, 6.07) is 4.65. The molecule has 0 aromatic heterocycles. The number of ether oxygens (including phenoxy) is 3. The van der Waals surface area contributed by atoms with Crippen LogP contribution in [0.25, 0.3) is 6.08 Å². The lowest BCUT2D eigenvalue weighted by Crippen LogP contribution is -2.40. The minimum atomic E-state index is -3.76. The Morgan fingerprint density at radius 3 is 2.69 bits per heavy atom. The van der Waals surface area contributed by atoms with E-state index in [9.17, 15) is 18.0 Å². The highest BCUT2D eigenvalue weighted by atomic mass is 32.2. The summed E-state index contributed by atoms with van der Waals surface area (Å²) in [6.45, 7) is 1.22. The Bertz CT molecular complexity index is 888. The van der Waals surface area contributed by atoms with Gasteiger partial charge in [0, 0.05) is 25.6 Å². The molecule has 0 bridgehead atoms. The predicted molar refractivity (Wildman–Crippen MR) is 105 cm³/mol. The largest absolute Gasteiger partial charge is 0.495 e. The van der Waals surface area contributed by atoms with Gasteiger partial charge in [-0.1, -0.05) is 6.07 Å². The van der Waals surface area contributed by atoms with Crippen molar-refractivity contribution < 1.29 is 32.2 Å². The first kappa shape index (κ1) is 21.5. The van der Waals surface area contributed by atoms with Crippen LogP contribution < -0.4 is 4.74 Å². The maximum atomic E-state index is 13.0. The quantitative estimate of drug-likeness (QED) is 0.508. The van der Waals surface area contributed by atoms with Gasteiger partial charge in [-0.05, 0) is 43.0 Å². The van der Waals surface area contributed by atoms with Crippen molar-refractivity contribution in [3.05, 3.63) is 29.8 Å². The predicted octanol–water partition coefficient (Wildman–Crippen LogP) is 1.78. The van der Waals surface area contributed by atoms with E-state index in [4.69, 9.17) is 14.2 Å². The van der Waals surface area contributed by atoms with Crippen LogP contribution in [0.4, 0.5) is 0 Å². The molecule has 1 aliphatic carbocycles. The van der Waals surface area contributed by atoms with Crippen molar-refractivity contribution in [3.8, 4) is 5.75 Å². The first-order chi connectivity index (χ1) is 13.9. The number of morpholine rings is 1. The van der Waals surface area contributed by atoms with Crippen molar-refractivity contribution in [2.75, 3.05) is 33.4 Å². The lowest BCUT2D eigenvalue weighted by Gasteiger charge is -2.26. The van der Waals surface area contributed by atoms with Gasteiger partial charge in [0.1, 0.15) is 10.6 Å². The molecule has 1 atom stereocenters. The fraction of sp³-hybridized carbons (Fsp3) is 0.500. The zero-order valence-electron chi connectivity index (χ0n) is 16.3. The maximum Gasteiger partial charge on any atom is 0.331 e. The number of ketones is 1. The second kappa shape index (κ2) is 9.51. The lowest BCUT2D eigenvalue weighted by molar-refractivity contribution is -0.152. The number of sulfonamides is 1. The van der Waals surface area contributed by atoms with Crippen molar-refractivity contribution in [2.45, 2.75) is 36.7 Å². The minimum absolute atomic E-state index is 0.0277. The molecule has 1 heterocycles. The van der Waals surface area contributed by atoms with Gasteiger partial charge in [0.25, 0.3) is 0 Å². The van der Waals surface area contributed by atoms with Crippen LogP contribution in [0.2, 0.25) is 0 Å². The molecule has 0 amide bonds. The van der Waals surface area contributed by atoms with Gasteiger partial charge in [-0.2, -0.15) is 4.31 Å². The second-order valence-corrected chi connectivity index (χ2v) is 8.80. The minimum Gasteiger partial charge on any atom is -0.495 e. The van der Waals surface area contributed by atoms with Gasteiger partial charge in [-0.3, -0.25) is 4.79 Å². The summed E-state index contributed by atoms with van der Waals surface area (Å²) >= 11 is 0. The van der Waals surface area contributed by atoms with Crippen molar-refractivity contribution in [2.24, 2.45) is 0 Å². The van der Waals surface area contributed by atoms with E-state index in [0.29, 0.717) is 31.6 Å². The molecule has 1 unspecified atom stereocenters. The van der Waals surface area contributed by atoms with Gasteiger partial charge in [-0.25, -0.2) is 13.2 Å². The highest BCUT2D eigenvalue weighted by Crippen LogP contribution is 2.29. The van der Waals surface area contributed by atoms with E-state index >= 15 is 0 Å². The Morgan fingerprint density at radius 2 is 2.00 bits per heavy atom. The van der Waals surface area contributed by atoms with Gasteiger partial charge in [0.05, 0.1) is 20.3 Å². The van der Waals surface area contributed by atoms with E-state index < -0.39 is 22.1 Å². The molecule has 8 nitrogen and oxygen atoms in total. The first-order valence-electron chi connectivity index (χ1n) is 9.59. The number of esters is 1. The summed E-state index contributed by atoms with van der Waals surface area (Å²) in [5, 5.41) is 0. The Balaban J connectivity index is 1.76. The topological polar surface area (TPSA) is 99.2 Å². The molecule has 1 saturated heterocycles. The molecule has 1 aliphatic heterocycles. The van der Waals surface area contributed by atoms with E-state index in [1.165, 1.54) is 29.6 Å². The van der Waals surface area contributed by atoms with Crippen molar-refractivity contribution in [1.82, 2.24) is 4.31 Å². The highest BCUT2D eigenvalue weighted by molar-refractivity contribution is 7.89. The van der Waals surface area contributed by atoms with Crippen LogP contribution in [0.1, 0.15) is 31.2 Å². The molecular formula is C20H25NO7S.